The number of hydrogen-bond acceptors (Lipinski definition) is 5. The van der Waals surface area contributed by atoms with E-state index in [-0.39, 0.29) is 36.2 Å². The van der Waals surface area contributed by atoms with Gasteiger partial charge in [0, 0.05) is 31.3 Å². The second-order valence-electron chi connectivity index (χ2n) is 8.80. The summed E-state index contributed by atoms with van der Waals surface area (Å²) in [5.74, 6) is 0.269. The molecule has 3 aliphatic rings. The zero-order chi connectivity index (χ0) is 22.9. The maximum absolute atomic E-state index is 12.3. The first kappa shape index (κ1) is 21.8. The molecule has 2 aromatic carbocycles. The number of benzene rings is 2. The number of amides is 2. The van der Waals surface area contributed by atoms with E-state index in [2.05, 4.69) is 29.6 Å². The second-order valence-corrected chi connectivity index (χ2v) is 9.90. The van der Waals surface area contributed by atoms with Gasteiger partial charge in [0.15, 0.2) is 0 Å². The van der Waals surface area contributed by atoms with Crippen molar-refractivity contribution >= 4 is 29.7 Å². The van der Waals surface area contributed by atoms with Crippen molar-refractivity contribution in [1.29, 1.82) is 0 Å². The van der Waals surface area contributed by atoms with E-state index in [1.54, 1.807) is 4.90 Å². The van der Waals surface area contributed by atoms with Gasteiger partial charge >= 0.3 is 12.1 Å². The molecule has 7 nitrogen and oxygen atoms in total. The fourth-order valence-corrected chi connectivity index (χ4v) is 5.97. The minimum absolute atomic E-state index is 0.0301. The molecule has 2 aliphatic carbocycles. The molecule has 5 rings (SSSR count). The van der Waals surface area contributed by atoms with Crippen LogP contribution in [0.5, 0.6) is 0 Å². The molecule has 1 saturated heterocycles. The third kappa shape index (κ3) is 4.31. The number of rotatable bonds is 8. The maximum atomic E-state index is 12.3. The zero-order valence-electron chi connectivity index (χ0n) is 18.1. The number of nitrogens with zero attached hydrogens (tertiary/aromatic N) is 1. The highest BCUT2D eigenvalue weighted by Crippen LogP contribution is 2.51. The Morgan fingerprint density at radius 1 is 1.00 bits per heavy atom. The molecule has 1 heterocycles. The lowest BCUT2D eigenvalue weighted by molar-refractivity contribution is -0.140. The van der Waals surface area contributed by atoms with Crippen molar-refractivity contribution in [3.8, 4) is 11.1 Å². The number of piperidine rings is 1. The van der Waals surface area contributed by atoms with E-state index in [1.807, 2.05) is 24.3 Å². The third-order valence-electron chi connectivity index (χ3n) is 6.92. The van der Waals surface area contributed by atoms with Crippen molar-refractivity contribution in [2.45, 2.75) is 5.92 Å². The molecule has 0 radical (unpaired) electrons. The summed E-state index contributed by atoms with van der Waals surface area (Å²) < 4.78 is 5.51. The Bertz CT molecular complexity index is 1030. The summed E-state index contributed by atoms with van der Waals surface area (Å²) >= 11 is 1.46. The van der Waals surface area contributed by atoms with Crippen LogP contribution in [0.4, 0.5) is 4.79 Å². The number of thioether (sulfide) groups is 1. The number of fused-ring (bicyclic) bond motifs is 4. The minimum Gasteiger partial charge on any atom is -0.481 e. The number of carboxylic acids is 1. The van der Waals surface area contributed by atoms with Crippen LogP contribution in [0.25, 0.3) is 11.1 Å². The quantitative estimate of drug-likeness (QED) is 0.581. The normalized spacial score (nSPS) is 22.3. The van der Waals surface area contributed by atoms with Gasteiger partial charge in [0.1, 0.15) is 6.61 Å². The van der Waals surface area contributed by atoms with Crippen molar-refractivity contribution in [3.05, 3.63) is 59.7 Å². The molecule has 33 heavy (non-hydrogen) atoms. The number of hydrogen-bond donors (Lipinski definition) is 2. The first-order chi connectivity index (χ1) is 16.0. The van der Waals surface area contributed by atoms with E-state index in [4.69, 9.17) is 9.84 Å². The molecule has 0 bridgehead atoms. The highest BCUT2D eigenvalue weighted by atomic mass is 32.2. The summed E-state index contributed by atoms with van der Waals surface area (Å²) in [7, 11) is 0. The van der Waals surface area contributed by atoms with Crippen molar-refractivity contribution < 1.29 is 24.2 Å². The van der Waals surface area contributed by atoms with Crippen LogP contribution < -0.4 is 5.32 Å². The molecule has 172 valence electrons. The van der Waals surface area contributed by atoms with Gasteiger partial charge in [-0.15, -0.1) is 0 Å². The number of likely N-dealkylation sites (tertiary alicyclic amines) is 1. The predicted octanol–water partition coefficient (Wildman–Crippen LogP) is 3.05. The number of alkyl carbamates (subject to hydrolysis) is 1. The molecule has 1 saturated carbocycles. The molecule has 3 atom stereocenters. The second kappa shape index (κ2) is 9.09. The van der Waals surface area contributed by atoms with Gasteiger partial charge < -0.3 is 20.1 Å². The summed E-state index contributed by atoms with van der Waals surface area (Å²) in [6.07, 6.45) is -0.455. The highest BCUT2D eigenvalue weighted by molar-refractivity contribution is 7.99. The van der Waals surface area contributed by atoms with Gasteiger partial charge in [-0.3, -0.25) is 9.59 Å². The van der Waals surface area contributed by atoms with Gasteiger partial charge in [-0.25, -0.2) is 4.79 Å². The van der Waals surface area contributed by atoms with Crippen LogP contribution in [-0.2, 0) is 14.3 Å². The Labute approximate surface area is 196 Å². The minimum atomic E-state index is -0.745. The van der Waals surface area contributed by atoms with E-state index >= 15 is 0 Å². The SMILES string of the molecule is O=C(NCCSCC(=O)N1C[C@@H]2C(C(=O)O)[C@@H]2C1)OCC1c2ccccc2-c2ccccc21. The Hall–Kier alpha value is -3.00. The first-order valence-corrected chi connectivity index (χ1v) is 12.4. The van der Waals surface area contributed by atoms with Crippen molar-refractivity contribution in [1.82, 2.24) is 10.2 Å². The van der Waals surface area contributed by atoms with Gasteiger partial charge in [0.05, 0.1) is 11.7 Å². The van der Waals surface area contributed by atoms with Crippen LogP contribution in [0.15, 0.2) is 48.5 Å². The van der Waals surface area contributed by atoms with Crippen molar-refractivity contribution in [2.75, 3.05) is 37.7 Å². The molecule has 1 unspecified atom stereocenters. The van der Waals surface area contributed by atoms with Crippen molar-refractivity contribution in [2.24, 2.45) is 17.8 Å². The summed E-state index contributed by atoms with van der Waals surface area (Å²) in [5.41, 5.74) is 4.73. The smallest absolute Gasteiger partial charge is 0.407 e. The van der Waals surface area contributed by atoms with Crippen LogP contribution >= 0.6 is 11.8 Å². The summed E-state index contributed by atoms with van der Waals surface area (Å²) in [6.45, 7) is 1.80. The molecule has 2 N–H and O–H groups in total. The van der Waals surface area contributed by atoms with Crippen LogP contribution in [-0.4, -0.2) is 65.7 Å². The van der Waals surface area contributed by atoms with Crippen LogP contribution in [0.2, 0.25) is 0 Å². The molecule has 8 heteroatoms. The fourth-order valence-electron chi connectivity index (χ4n) is 5.22. The number of ether oxygens (including phenoxy) is 1. The predicted molar refractivity (Wildman–Crippen MR) is 125 cm³/mol. The highest BCUT2D eigenvalue weighted by Gasteiger charge is 2.60. The lowest BCUT2D eigenvalue weighted by Crippen LogP contribution is -2.34. The Morgan fingerprint density at radius 3 is 2.21 bits per heavy atom. The number of carbonyl (C=O) groups excluding carboxylic acids is 2. The van der Waals surface area contributed by atoms with E-state index in [0.717, 1.165) is 0 Å². The van der Waals surface area contributed by atoms with E-state index in [9.17, 15) is 14.4 Å². The van der Waals surface area contributed by atoms with E-state index < -0.39 is 12.1 Å². The van der Waals surface area contributed by atoms with Gasteiger partial charge in [-0.05, 0) is 34.1 Å². The molecule has 2 aromatic rings. The largest absolute Gasteiger partial charge is 0.481 e. The summed E-state index contributed by atoms with van der Waals surface area (Å²) in [5, 5.41) is 11.8. The molecule has 1 aliphatic heterocycles. The Balaban J connectivity index is 1.01. The third-order valence-corrected chi connectivity index (χ3v) is 7.86. The zero-order valence-corrected chi connectivity index (χ0v) is 18.9. The maximum Gasteiger partial charge on any atom is 0.407 e. The van der Waals surface area contributed by atoms with Gasteiger partial charge in [0.2, 0.25) is 5.91 Å². The molecular weight excluding hydrogens is 440 g/mol. The number of aliphatic carboxylic acids is 1. The van der Waals surface area contributed by atoms with Crippen LogP contribution in [0.3, 0.4) is 0 Å². The summed E-state index contributed by atoms with van der Waals surface area (Å²) in [4.78, 5) is 37.3. The van der Waals surface area contributed by atoms with Gasteiger partial charge in [0.25, 0.3) is 0 Å². The number of carbonyl (C=O) groups is 3. The van der Waals surface area contributed by atoms with Crippen molar-refractivity contribution in [3.63, 3.8) is 0 Å². The molecule has 2 amide bonds. The average molecular weight is 467 g/mol. The van der Waals surface area contributed by atoms with Crippen LogP contribution in [0.1, 0.15) is 17.0 Å². The molecule has 2 fully saturated rings. The standard InChI is InChI=1S/C25H26N2O5S/c28-22(27-11-19-20(12-27)23(19)24(29)30)14-33-10-9-26-25(31)32-13-21-17-7-3-1-5-15(17)16-6-2-4-8-18(16)21/h1-8,19-21,23H,9-14H2,(H,26,31)(H,29,30)/t19-,20+,23?. The van der Waals surface area contributed by atoms with E-state index in [0.29, 0.717) is 31.1 Å². The summed E-state index contributed by atoms with van der Waals surface area (Å²) in [6, 6.07) is 16.4. The topological polar surface area (TPSA) is 95.9 Å². The lowest BCUT2D eigenvalue weighted by atomic mass is 9.98. The fraction of sp³-hybridized carbons (Fsp3) is 0.400. The van der Waals surface area contributed by atoms with Gasteiger partial charge in [-0.2, -0.15) is 11.8 Å². The molecular formula is C25H26N2O5S. The van der Waals surface area contributed by atoms with E-state index in [1.165, 1.54) is 34.0 Å². The van der Waals surface area contributed by atoms with Gasteiger partial charge in [-0.1, -0.05) is 48.5 Å². The molecule has 0 aromatic heterocycles. The Morgan fingerprint density at radius 2 is 1.61 bits per heavy atom. The number of carboxylic acid groups (broad SMARTS) is 1. The average Bonchev–Trinajstić information content (AvgIpc) is 3.18. The monoisotopic (exact) mass is 466 g/mol. The Kier molecular flexibility index (Phi) is 6.01. The lowest BCUT2D eigenvalue weighted by Gasteiger charge is -2.19. The molecule has 0 spiro atoms. The number of nitrogens with one attached hydrogen (secondary N) is 1. The first-order valence-electron chi connectivity index (χ1n) is 11.2. The van der Waals surface area contributed by atoms with Crippen LogP contribution in [0, 0.1) is 17.8 Å².